The molecule has 26 heavy (non-hydrogen) atoms. The zero-order valence-corrected chi connectivity index (χ0v) is 15.9. The van der Waals surface area contributed by atoms with E-state index in [1.54, 1.807) is 0 Å². The van der Waals surface area contributed by atoms with Crippen LogP contribution >= 0.6 is 0 Å². The van der Waals surface area contributed by atoms with E-state index < -0.39 is 0 Å². The maximum atomic E-state index is 12.8. The third kappa shape index (κ3) is 4.51. The summed E-state index contributed by atoms with van der Waals surface area (Å²) in [7, 11) is 0. The number of carbonyl (C=O) groups is 1. The Morgan fingerprint density at radius 1 is 1.15 bits per heavy atom. The smallest absolute Gasteiger partial charge is 0.241 e. The van der Waals surface area contributed by atoms with E-state index >= 15 is 0 Å². The van der Waals surface area contributed by atoms with E-state index in [9.17, 15) is 4.79 Å². The van der Waals surface area contributed by atoms with Gasteiger partial charge in [-0.3, -0.25) is 14.6 Å². The van der Waals surface area contributed by atoms with Crippen molar-refractivity contribution in [3.05, 3.63) is 47.3 Å². The second-order valence-electron chi connectivity index (χ2n) is 6.91. The van der Waals surface area contributed by atoms with Crippen LogP contribution in [0.3, 0.4) is 0 Å². The highest BCUT2D eigenvalue weighted by molar-refractivity contribution is 5.95. The fourth-order valence-corrected chi connectivity index (χ4v) is 3.45. The number of nitrogens with zero attached hydrogens (tertiary/aromatic N) is 4. The highest BCUT2D eigenvalue weighted by atomic mass is 16.5. The Labute approximate surface area is 155 Å². The van der Waals surface area contributed by atoms with Crippen LogP contribution in [0.5, 0.6) is 0 Å². The molecule has 3 rings (SSSR count). The first-order valence-corrected chi connectivity index (χ1v) is 9.29. The van der Waals surface area contributed by atoms with Crippen molar-refractivity contribution in [3.8, 4) is 0 Å². The summed E-state index contributed by atoms with van der Waals surface area (Å²) in [5.74, 6) is 1.02. The molecule has 1 aromatic carbocycles. The summed E-state index contributed by atoms with van der Waals surface area (Å²) in [6.45, 7) is 11.6. The normalized spacial score (nSPS) is 16.0. The lowest BCUT2D eigenvalue weighted by molar-refractivity contribution is -0.120. The van der Waals surface area contributed by atoms with E-state index in [-0.39, 0.29) is 5.91 Å². The van der Waals surface area contributed by atoms with Crippen molar-refractivity contribution in [2.45, 2.75) is 27.3 Å². The molecule has 0 radical (unpaired) electrons. The molecule has 0 aliphatic carbocycles. The van der Waals surface area contributed by atoms with Crippen molar-refractivity contribution in [2.75, 3.05) is 44.2 Å². The summed E-state index contributed by atoms with van der Waals surface area (Å²) in [6.07, 6.45) is 0. The average Bonchev–Trinajstić information content (AvgIpc) is 3.04. The van der Waals surface area contributed by atoms with Crippen LogP contribution < -0.4 is 4.90 Å². The molecule has 6 nitrogen and oxygen atoms in total. The second kappa shape index (κ2) is 8.47. The topological polar surface area (TPSA) is 52.8 Å². The van der Waals surface area contributed by atoms with Gasteiger partial charge in [0.05, 0.1) is 12.2 Å². The molecular weight excluding hydrogens is 328 g/mol. The first kappa shape index (κ1) is 18.6. The number of aromatic nitrogens is 1. The zero-order chi connectivity index (χ0) is 18.5. The number of hydrogen-bond acceptors (Lipinski definition) is 5. The maximum absolute atomic E-state index is 12.8. The second-order valence-corrected chi connectivity index (χ2v) is 6.91. The van der Waals surface area contributed by atoms with Gasteiger partial charge in [-0.15, -0.1) is 0 Å². The fourth-order valence-electron chi connectivity index (χ4n) is 3.45. The first-order valence-electron chi connectivity index (χ1n) is 9.29. The summed E-state index contributed by atoms with van der Waals surface area (Å²) < 4.78 is 5.13. The molecule has 1 aliphatic rings. The van der Waals surface area contributed by atoms with Crippen molar-refractivity contribution in [1.82, 2.24) is 15.0 Å². The van der Waals surface area contributed by atoms with Gasteiger partial charge in [0.25, 0.3) is 0 Å². The average molecular weight is 356 g/mol. The molecule has 0 spiro atoms. The molecular formula is C20H28N4O2. The van der Waals surface area contributed by atoms with Crippen LogP contribution in [0.15, 0.2) is 34.9 Å². The summed E-state index contributed by atoms with van der Waals surface area (Å²) in [6, 6.07) is 10.1. The van der Waals surface area contributed by atoms with Gasteiger partial charge >= 0.3 is 0 Å². The van der Waals surface area contributed by atoms with Crippen LogP contribution in [0.25, 0.3) is 0 Å². The van der Waals surface area contributed by atoms with Crippen LogP contribution in [-0.2, 0) is 11.3 Å². The SMILES string of the molecule is CCN(C(=O)CN1CCN(Cc2cc(C)on2)CC1)c1ccccc1C. The number of piperazine rings is 1. The van der Waals surface area contributed by atoms with Crippen LogP contribution in [0.1, 0.15) is 23.9 Å². The van der Waals surface area contributed by atoms with Crippen LogP contribution in [-0.4, -0.2) is 60.1 Å². The molecule has 0 unspecified atom stereocenters. The predicted molar refractivity (Wildman–Crippen MR) is 102 cm³/mol. The lowest BCUT2D eigenvalue weighted by Crippen LogP contribution is -2.50. The maximum Gasteiger partial charge on any atom is 0.241 e. The highest BCUT2D eigenvalue weighted by Gasteiger charge is 2.23. The molecule has 0 atom stereocenters. The zero-order valence-electron chi connectivity index (χ0n) is 15.9. The Morgan fingerprint density at radius 3 is 2.46 bits per heavy atom. The Kier molecular flexibility index (Phi) is 6.06. The molecule has 140 valence electrons. The van der Waals surface area contributed by atoms with Crippen LogP contribution in [0.2, 0.25) is 0 Å². The van der Waals surface area contributed by atoms with E-state index in [1.165, 1.54) is 0 Å². The molecule has 1 aromatic heterocycles. The molecule has 1 aliphatic heterocycles. The molecule has 1 amide bonds. The van der Waals surface area contributed by atoms with Gasteiger partial charge in [0.15, 0.2) is 0 Å². The summed E-state index contributed by atoms with van der Waals surface area (Å²) in [4.78, 5) is 19.3. The lowest BCUT2D eigenvalue weighted by Gasteiger charge is -2.35. The first-order chi connectivity index (χ1) is 12.6. The number of para-hydroxylation sites is 1. The van der Waals surface area contributed by atoms with Crippen molar-refractivity contribution < 1.29 is 9.32 Å². The Balaban J connectivity index is 1.52. The third-order valence-electron chi connectivity index (χ3n) is 4.91. The standard InChI is InChI=1S/C20H28N4O2/c1-4-24(19-8-6-5-7-16(19)2)20(25)15-23-11-9-22(10-12-23)14-18-13-17(3)26-21-18/h5-8,13H,4,9-12,14-15H2,1-3H3. The van der Waals surface area contributed by atoms with Crippen LogP contribution in [0, 0.1) is 13.8 Å². The Morgan fingerprint density at radius 2 is 1.85 bits per heavy atom. The molecule has 1 fully saturated rings. The van der Waals surface area contributed by atoms with Crippen molar-refractivity contribution in [1.29, 1.82) is 0 Å². The summed E-state index contributed by atoms with van der Waals surface area (Å²) in [5, 5.41) is 4.06. The van der Waals surface area contributed by atoms with E-state index in [2.05, 4.69) is 27.9 Å². The molecule has 1 saturated heterocycles. The van der Waals surface area contributed by atoms with E-state index in [1.807, 2.05) is 43.0 Å². The van der Waals surface area contributed by atoms with Crippen LogP contribution in [0.4, 0.5) is 5.69 Å². The molecule has 0 saturated carbocycles. The quantitative estimate of drug-likeness (QED) is 0.796. The Hall–Kier alpha value is -2.18. The number of anilines is 1. The third-order valence-corrected chi connectivity index (χ3v) is 4.91. The number of rotatable bonds is 6. The van der Waals surface area contributed by atoms with Gasteiger partial charge in [-0.1, -0.05) is 23.4 Å². The van der Waals surface area contributed by atoms with Gasteiger partial charge in [0, 0.05) is 51.0 Å². The molecule has 2 aromatic rings. The number of benzene rings is 1. The van der Waals surface area contributed by atoms with Gasteiger partial charge in [0.1, 0.15) is 5.76 Å². The fraction of sp³-hybridized carbons (Fsp3) is 0.500. The van der Waals surface area contributed by atoms with Crippen molar-refractivity contribution in [3.63, 3.8) is 0 Å². The lowest BCUT2D eigenvalue weighted by atomic mass is 10.1. The molecule has 0 N–H and O–H groups in total. The van der Waals surface area contributed by atoms with E-state index in [0.717, 1.165) is 55.4 Å². The predicted octanol–water partition coefficient (Wildman–Crippen LogP) is 2.46. The molecule has 0 bridgehead atoms. The number of likely N-dealkylation sites (N-methyl/N-ethyl adjacent to an activating group) is 1. The van der Waals surface area contributed by atoms with E-state index in [0.29, 0.717) is 13.1 Å². The Bertz CT molecular complexity index is 735. The molecule has 6 heteroatoms. The summed E-state index contributed by atoms with van der Waals surface area (Å²) in [5.41, 5.74) is 3.12. The minimum absolute atomic E-state index is 0.169. The van der Waals surface area contributed by atoms with Gasteiger partial charge in [-0.25, -0.2) is 0 Å². The minimum atomic E-state index is 0.169. The summed E-state index contributed by atoms with van der Waals surface area (Å²) >= 11 is 0. The largest absolute Gasteiger partial charge is 0.361 e. The van der Waals surface area contributed by atoms with Gasteiger partial charge in [-0.2, -0.15) is 0 Å². The molecule has 2 heterocycles. The van der Waals surface area contributed by atoms with Gasteiger partial charge in [0.2, 0.25) is 5.91 Å². The number of hydrogen-bond donors (Lipinski definition) is 0. The van der Waals surface area contributed by atoms with Gasteiger partial charge in [-0.05, 0) is 32.4 Å². The van der Waals surface area contributed by atoms with Crippen molar-refractivity contribution in [2.24, 2.45) is 0 Å². The van der Waals surface area contributed by atoms with Gasteiger partial charge < -0.3 is 9.42 Å². The van der Waals surface area contributed by atoms with E-state index in [4.69, 9.17) is 4.52 Å². The monoisotopic (exact) mass is 356 g/mol. The number of aryl methyl sites for hydroxylation is 2. The number of amides is 1. The highest BCUT2D eigenvalue weighted by Crippen LogP contribution is 2.19. The van der Waals surface area contributed by atoms with Crippen molar-refractivity contribution >= 4 is 11.6 Å². The minimum Gasteiger partial charge on any atom is -0.361 e. The number of carbonyl (C=O) groups excluding carboxylic acids is 1.